The maximum atomic E-state index is 13.5. The number of amides is 1. The Morgan fingerprint density at radius 3 is 2.67 bits per heavy atom. The molecule has 5 heteroatoms. The van der Waals surface area contributed by atoms with E-state index in [4.69, 9.17) is 4.74 Å². The number of rotatable bonds is 4. The van der Waals surface area contributed by atoms with E-state index < -0.39 is 6.09 Å². The van der Waals surface area contributed by atoms with Gasteiger partial charge in [-0.3, -0.25) is 0 Å². The molecule has 0 heterocycles. The topological polar surface area (TPSA) is 38.3 Å². The summed E-state index contributed by atoms with van der Waals surface area (Å²) in [4.78, 5) is 11.7. The van der Waals surface area contributed by atoms with E-state index >= 15 is 0 Å². The minimum Gasteiger partial charge on any atom is -0.445 e. The SMILES string of the molecule is CC(NC(=O)OCc1ccccc1)c1ccc(Br)c(F)c1. The zero-order valence-corrected chi connectivity index (χ0v) is 13.1. The normalized spacial score (nSPS) is 11.8. The second kappa shape index (κ2) is 7.22. The molecule has 0 aliphatic heterocycles. The minimum atomic E-state index is -0.533. The second-order valence-electron chi connectivity index (χ2n) is 4.60. The van der Waals surface area contributed by atoms with Crippen LogP contribution in [-0.4, -0.2) is 6.09 Å². The van der Waals surface area contributed by atoms with Crippen molar-refractivity contribution in [2.45, 2.75) is 19.6 Å². The zero-order chi connectivity index (χ0) is 15.2. The summed E-state index contributed by atoms with van der Waals surface area (Å²) in [6.45, 7) is 1.97. The van der Waals surface area contributed by atoms with Crippen molar-refractivity contribution in [2.75, 3.05) is 0 Å². The van der Waals surface area contributed by atoms with Crippen LogP contribution in [0.15, 0.2) is 53.0 Å². The molecule has 2 aromatic rings. The van der Waals surface area contributed by atoms with Crippen molar-refractivity contribution in [1.29, 1.82) is 0 Å². The molecule has 0 fully saturated rings. The van der Waals surface area contributed by atoms with Crippen LogP contribution in [0.2, 0.25) is 0 Å². The van der Waals surface area contributed by atoms with E-state index in [2.05, 4.69) is 21.2 Å². The lowest BCUT2D eigenvalue weighted by Crippen LogP contribution is -2.27. The van der Waals surface area contributed by atoms with Crippen molar-refractivity contribution < 1.29 is 13.9 Å². The molecule has 110 valence electrons. The number of hydrogen-bond donors (Lipinski definition) is 1. The van der Waals surface area contributed by atoms with Crippen LogP contribution in [0.25, 0.3) is 0 Å². The number of carbonyl (C=O) groups is 1. The predicted molar refractivity (Wildman–Crippen MR) is 82.3 cm³/mol. The standard InChI is InChI=1S/C16H15BrFNO2/c1-11(13-7-8-14(17)15(18)9-13)19-16(20)21-10-12-5-3-2-4-6-12/h2-9,11H,10H2,1H3,(H,19,20). The summed E-state index contributed by atoms with van der Waals surface area (Å²) >= 11 is 3.09. The highest BCUT2D eigenvalue weighted by Crippen LogP contribution is 2.20. The molecule has 0 aliphatic rings. The number of nitrogens with one attached hydrogen (secondary N) is 1. The molecule has 2 aromatic carbocycles. The third kappa shape index (κ3) is 4.56. The van der Waals surface area contributed by atoms with Crippen LogP contribution in [-0.2, 0) is 11.3 Å². The molecule has 0 aliphatic carbocycles. The van der Waals surface area contributed by atoms with Gasteiger partial charge in [-0.25, -0.2) is 9.18 Å². The van der Waals surface area contributed by atoms with Crippen LogP contribution < -0.4 is 5.32 Å². The summed E-state index contributed by atoms with van der Waals surface area (Å²) in [6, 6.07) is 13.8. The van der Waals surface area contributed by atoms with Gasteiger partial charge in [0.25, 0.3) is 0 Å². The Labute approximate surface area is 131 Å². The molecule has 3 nitrogen and oxygen atoms in total. The summed E-state index contributed by atoms with van der Waals surface area (Å²) in [5, 5.41) is 2.67. The lowest BCUT2D eigenvalue weighted by Gasteiger charge is -2.15. The van der Waals surface area contributed by atoms with Crippen LogP contribution in [0.1, 0.15) is 24.1 Å². The number of alkyl carbamates (subject to hydrolysis) is 1. The van der Waals surface area contributed by atoms with Crippen LogP contribution >= 0.6 is 15.9 Å². The van der Waals surface area contributed by atoms with E-state index in [9.17, 15) is 9.18 Å². The molecule has 0 bridgehead atoms. The van der Waals surface area contributed by atoms with E-state index in [1.807, 2.05) is 30.3 Å². The maximum Gasteiger partial charge on any atom is 0.407 e. The lowest BCUT2D eigenvalue weighted by atomic mass is 10.1. The van der Waals surface area contributed by atoms with Crippen molar-refractivity contribution in [3.63, 3.8) is 0 Å². The van der Waals surface area contributed by atoms with E-state index in [1.165, 1.54) is 6.07 Å². The van der Waals surface area contributed by atoms with Gasteiger partial charge in [0.1, 0.15) is 12.4 Å². The first-order chi connectivity index (χ1) is 10.1. The summed E-state index contributed by atoms with van der Waals surface area (Å²) in [5.74, 6) is -0.362. The fourth-order valence-corrected chi connectivity index (χ4v) is 2.05. The Hall–Kier alpha value is -1.88. The number of halogens is 2. The first kappa shape index (κ1) is 15.5. The highest BCUT2D eigenvalue weighted by molar-refractivity contribution is 9.10. The molecule has 2 rings (SSSR count). The van der Waals surface area contributed by atoms with Gasteiger partial charge in [0.05, 0.1) is 10.5 Å². The van der Waals surface area contributed by atoms with Gasteiger partial charge in [0, 0.05) is 0 Å². The predicted octanol–water partition coefficient (Wildman–Crippen LogP) is 4.58. The number of ether oxygens (including phenoxy) is 1. The minimum absolute atomic E-state index is 0.202. The monoisotopic (exact) mass is 351 g/mol. The van der Waals surface area contributed by atoms with Crippen molar-refractivity contribution in [3.8, 4) is 0 Å². The molecule has 0 radical (unpaired) electrons. The molecule has 1 amide bonds. The number of carbonyl (C=O) groups excluding carboxylic acids is 1. The Kier molecular flexibility index (Phi) is 5.33. The molecule has 0 saturated carbocycles. The molecule has 1 atom stereocenters. The molecular weight excluding hydrogens is 337 g/mol. The Morgan fingerprint density at radius 2 is 2.00 bits per heavy atom. The highest BCUT2D eigenvalue weighted by Gasteiger charge is 2.12. The Bertz CT molecular complexity index is 619. The number of benzene rings is 2. The van der Waals surface area contributed by atoms with E-state index in [0.29, 0.717) is 10.0 Å². The lowest BCUT2D eigenvalue weighted by molar-refractivity contribution is 0.136. The first-order valence-corrected chi connectivity index (χ1v) is 7.27. The second-order valence-corrected chi connectivity index (χ2v) is 5.46. The fraction of sp³-hybridized carbons (Fsp3) is 0.188. The van der Waals surface area contributed by atoms with Gasteiger partial charge in [-0.2, -0.15) is 0 Å². The van der Waals surface area contributed by atoms with E-state index in [0.717, 1.165) is 5.56 Å². The molecule has 1 N–H and O–H groups in total. The molecule has 21 heavy (non-hydrogen) atoms. The van der Waals surface area contributed by atoms with Crippen LogP contribution in [0, 0.1) is 5.82 Å². The van der Waals surface area contributed by atoms with Crippen molar-refractivity contribution in [3.05, 3.63) is 69.9 Å². The quantitative estimate of drug-likeness (QED) is 0.875. The van der Waals surface area contributed by atoms with Gasteiger partial charge in [0.15, 0.2) is 0 Å². The Morgan fingerprint density at radius 1 is 1.29 bits per heavy atom. The Balaban J connectivity index is 1.88. The van der Waals surface area contributed by atoms with Gasteiger partial charge in [-0.05, 0) is 46.1 Å². The first-order valence-electron chi connectivity index (χ1n) is 6.48. The highest BCUT2D eigenvalue weighted by atomic mass is 79.9. The van der Waals surface area contributed by atoms with Gasteiger partial charge >= 0.3 is 6.09 Å². The van der Waals surface area contributed by atoms with Gasteiger partial charge in [-0.1, -0.05) is 36.4 Å². The largest absolute Gasteiger partial charge is 0.445 e. The molecule has 1 unspecified atom stereocenters. The smallest absolute Gasteiger partial charge is 0.407 e. The van der Waals surface area contributed by atoms with Gasteiger partial charge in [0.2, 0.25) is 0 Å². The van der Waals surface area contributed by atoms with Crippen LogP contribution in [0.5, 0.6) is 0 Å². The molecule has 0 saturated heterocycles. The van der Waals surface area contributed by atoms with Crippen molar-refractivity contribution >= 4 is 22.0 Å². The van der Waals surface area contributed by atoms with E-state index in [1.54, 1.807) is 19.1 Å². The molecule has 0 aromatic heterocycles. The third-order valence-electron chi connectivity index (χ3n) is 2.99. The van der Waals surface area contributed by atoms with Gasteiger partial charge in [-0.15, -0.1) is 0 Å². The molecule has 0 spiro atoms. The average molecular weight is 352 g/mol. The van der Waals surface area contributed by atoms with Crippen molar-refractivity contribution in [1.82, 2.24) is 5.32 Å². The average Bonchev–Trinajstić information content (AvgIpc) is 2.49. The van der Waals surface area contributed by atoms with Crippen LogP contribution in [0.3, 0.4) is 0 Å². The van der Waals surface area contributed by atoms with E-state index in [-0.39, 0.29) is 18.5 Å². The van der Waals surface area contributed by atoms with Gasteiger partial charge < -0.3 is 10.1 Å². The summed E-state index contributed by atoms with van der Waals surface area (Å²) in [5.41, 5.74) is 1.59. The van der Waals surface area contributed by atoms with Crippen LogP contribution in [0.4, 0.5) is 9.18 Å². The molecular formula is C16H15BrFNO2. The summed E-state index contributed by atoms with van der Waals surface area (Å²) in [7, 11) is 0. The third-order valence-corrected chi connectivity index (χ3v) is 3.63. The fourth-order valence-electron chi connectivity index (χ4n) is 1.81. The number of hydrogen-bond acceptors (Lipinski definition) is 2. The maximum absolute atomic E-state index is 13.5. The zero-order valence-electron chi connectivity index (χ0n) is 11.5. The summed E-state index contributed by atoms with van der Waals surface area (Å²) < 4.78 is 19.0. The summed E-state index contributed by atoms with van der Waals surface area (Å²) in [6.07, 6.45) is -0.533. The van der Waals surface area contributed by atoms with Crippen molar-refractivity contribution in [2.24, 2.45) is 0 Å².